The van der Waals surface area contributed by atoms with Gasteiger partial charge in [0.15, 0.2) is 15.6 Å². The first-order valence-electron chi connectivity index (χ1n) is 11.5. The fourth-order valence-electron chi connectivity index (χ4n) is 4.65. The number of carbonyl (C=O) groups excluding carboxylic acids is 3. The van der Waals surface area contributed by atoms with Crippen molar-refractivity contribution in [3.63, 3.8) is 0 Å². The Morgan fingerprint density at radius 2 is 1.89 bits per heavy atom. The quantitative estimate of drug-likeness (QED) is 0.547. The molecule has 2 heterocycles. The van der Waals surface area contributed by atoms with Crippen LogP contribution in [-0.2, 0) is 25.6 Å². The number of amides is 3. The molecule has 0 radical (unpaired) electrons. The number of ketones is 1. The van der Waals surface area contributed by atoms with Crippen molar-refractivity contribution in [3.05, 3.63) is 64.5 Å². The van der Waals surface area contributed by atoms with Gasteiger partial charge in [0.25, 0.3) is 0 Å². The highest BCUT2D eigenvalue weighted by Gasteiger charge is 2.49. The van der Waals surface area contributed by atoms with Crippen LogP contribution < -0.4 is 4.90 Å². The van der Waals surface area contributed by atoms with Gasteiger partial charge >= 0.3 is 12.2 Å². The third-order valence-corrected chi connectivity index (χ3v) is 7.42. The molecule has 0 N–H and O–H groups in total. The molecule has 0 bridgehead atoms. The van der Waals surface area contributed by atoms with Crippen molar-refractivity contribution in [1.82, 2.24) is 9.88 Å². The number of alkyl halides is 3. The summed E-state index contributed by atoms with van der Waals surface area (Å²) in [6, 6.07) is 4.37. The van der Waals surface area contributed by atoms with E-state index in [-0.39, 0.29) is 46.6 Å². The molecular weight excluding hydrogens is 525 g/mol. The van der Waals surface area contributed by atoms with Gasteiger partial charge in [-0.3, -0.25) is 14.5 Å². The number of imide groups is 1. The molecule has 1 aliphatic carbocycles. The lowest BCUT2D eigenvalue weighted by molar-refractivity contribution is -0.137. The summed E-state index contributed by atoms with van der Waals surface area (Å²) in [5.41, 5.74) is -1.18. The molecule has 4 rings (SSSR count). The number of aromatic nitrogens is 1. The summed E-state index contributed by atoms with van der Waals surface area (Å²) in [6.45, 7) is 1.67. The summed E-state index contributed by atoms with van der Waals surface area (Å²) < 4.78 is 65.7. The first-order valence-corrected chi connectivity index (χ1v) is 13.4. The highest BCUT2D eigenvalue weighted by molar-refractivity contribution is 7.90. The van der Waals surface area contributed by atoms with Crippen LogP contribution in [0.4, 0.5) is 23.8 Å². The van der Waals surface area contributed by atoms with E-state index in [0.29, 0.717) is 17.4 Å². The Bertz CT molecular complexity index is 1540. The number of pyridine rings is 1. The standard InChI is InChI=1S/C25H21F3N4O5S/c1-3-4-21(34)32-23(16-6-5-14(13-29)11-19(16)38(2,36)37)22-17(7-8-18(22)33)31(24(32)35)20-12-15(9-10-30-20)25(26,27)28/h5-6,9-12,23H,3-4,7-8H2,1-2H3/t23-/m1/s1. The molecule has 9 nitrogen and oxygen atoms in total. The fraction of sp³-hybridized carbons (Fsp3) is 0.320. The van der Waals surface area contributed by atoms with Crippen molar-refractivity contribution in [2.45, 2.75) is 49.7 Å². The zero-order valence-corrected chi connectivity index (χ0v) is 21.1. The number of rotatable bonds is 5. The predicted molar refractivity (Wildman–Crippen MR) is 127 cm³/mol. The number of carbonyl (C=O) groups is 3. The predicted octanol–water partition coefficient (Wildman–Crippen LogP) is 4.30. The number of benzene rings is 1. The van der Waals surface area contributed by atoms with E-state index in [1.807, 2.05) is 6.07 Å². The van der Waals surface area contributed by atoms with E-state index >= 15 is 0 Å². The molecule has 0 unspecified atom stereocenters. The summed E-state index contributed by atoms with van der Waals surface area (Å²) in [5, 5.41) is 9.29. The number of halogens is 3. The molecule has 1 aromatic carbocycles. The van der Waals surface area contributed by atoms with Gasteiger partial charge in [-0.25, -0.2) is 23.1 Å². The van der Waals surface area contributed by atoms with Gasteiger partial charge in [-0.05, 0) is 42.7 Å². The average Bonchev–Trinajstić information content (AvgIpc) is 3.22. The second-order valence-corrected chi connectivity index (χ2v) is 10.8. The largest absolute Gasteiger partial charge is 0.416 e. The first kappa shape index (κ1) is 27.0. The minimum absolute atomic E-state index is 0.00416. The first-order chi connectivity index (χ1) is 17.8. The van der Waals surface area contributed by atoms with E-state index in [9.17, 15) is 41.2 Å². The molecule has 0 spiro atoms. The second-order valence-electron chi connectivity index (χ2n) is 8.85. The number of nitriles is 1. The van der Waals surface area contributed by atoms with Crippen LogP contribution in [0.5, 0.6) is 0 Å². The van der Waals surface area contributed by atoms with Crippen LogP contribution in [0.2, 0.25) is 0 Å². The topological polar surface area (TPSA) is 129 Å². The Balaban J connectivity index is 2.03. The Kier molecular flexibility index (Phi) is 6.88. The molecule has 13 heteroatoms. The van der Waals surface area contributed by atoms with Crippen molar-refractivity contribution in [3.8, 4) is 6.07 Å². The number of urea groups is 1. The lowest BCUT2D eigenvalue weighted by Crippen LogP contribution is -2.53. The van der Waals surface area contributed by atoms with Crippen LogP contribution in [0.15, 0.2) is 52.7 Å². The molecule has 38 heavy (non-hydrogen) atoms. The number of hydrogen-bond donors (Lipinski definition) is 0. The lowest BCUT2D eigenvalue weighted by atomic mass is 9.92. The molecule has 0 fully saturated rings. The molecule has 2 aliphatic rings. The van der Waals surface area contributed by atoms with Crippen LogP contribution in [0, 0.1) is 11.3 Å². The van der Waals surface area contributed by atoms with Crippen LogP contribution in [0.3, 0.4) is 0 Å². The highest BCUT2D eigenvalue weighted by Crippen LogP contribution is 2.46. The molecule has 0 saturated heterocycles. The van der Waals surface area contributed by atoms with E-state index < -0.39 is 51.2 Å². The number of sulfone groups is 1. The molecule has 0 saturated carbocycles. The third kappa shape index (κ3) is 4.67. The zero-order chi connectivity index (χ0) is 28.0. The maximum Gasteiger partial charge on any atom is 0.416 e. The SMILES string of the molecule is CCCC(=O)N1C(=O)N(c2cc(C(F)(F)F)ccn2)C2=C(C(=O)CC2)[C@H]1c1ccc(C#N)cc1S(C)(=O)=O. The number of hydrogen-bond acceptors (Lipinski definition) is 7. The van der Waals surface area contributed by atoms with Gasteiger partial charge < -0.3 is 0 Å². The van der Waals surface area contributed by atoms with Crippen molar-refractivity contribution in [2.24, 2.45) is 0 Å². The smallest absolute Gasteiger partial charge is 0.294 e. The molecular formula is C25H21F3N4O5S. The maximum atomic E-state index is 13.9. The monoisotopic (exact) mass is 546 g/mol. The molecule has 1 atom stereocenters. The Hall–Kier alpha value is -4.05. The van der Waals surface area contributed by atoms with Gasteiger partial charge in [-0.15, -0.1) is 0 Å². The van der Waals surface area contributed by atoms with Crippen molar-refractivity contribution < 1.29 is 36.0 Å². The van der Waals surface area contributed by atoms with Gasteiger partial charge in [-0.2, -0.15) is 18.4 Å². The average molecular weight is 547 g/mol. The van der Waals surface area contributed by atoms with Crippen molar-refractivity contribution >= 4 is 33.4 Å². The minimum atomic E-state index is -4.74. The number of Topliss-reactive ketones (excluding diaryl/α,β-unsaturated/α-hetero) is 1. The lowest BCUT2D eigenvalue weighted by Gasteiger charge is -2.41. The Morgan fingerprint density at radius 1 is 1.18 bits per heavy atom. The fourth-order valence-corrected chi connectivity index (χ4v) is 5.60. The van der Waals surface area contributed by atoms with Gasteiger partial charge in [-0.1, -0.05) is 13.0 Å². The van der Waals surface area contributed by atoms with E-state index in [0.717, 1.165) is 29.5 Å². The third-order valence-electron chi connectivity index (χ3n) is 6.27. The van der Waals surface area contributed by atoms with E-state index in [2.05, 4.69) is 4.98 Å². The Morgan fingerprint density at radius 3 is 2.50 bits per heavy atom. The van der Waals surface area contributed by atoms with E-state index in [1.54, 1.807) is 6.92 Å². The summed E-state index contributed by atoms with van der Waals surface area (Å²) in [6.07, 6.45) is -2.99. The molecule has 1 aliphatic heterocycles. The summed E-state index contributed by atoms with van der Waals surface area (Å²) in [7, 11) is -4.01. The normalized spacial score (nSPS) is 18.1. The van der Waals surface area contributed by atoms with Crippen LogP contribution in [0.25, 0.3) is 0 Å². The van der Waals surface area contributed by atoms with Gasteiger partial charge in [0.2, 0.25) is 5.91 Å². The zero-order valence-electron chi connectivity index (χ0n) is 20.2. The van der Waals surface area contributed by atoms with Crippen LogP contribution >= 0.6 is 0 Å². The van der Waals surface area contributed by atoms with Gasteiger partial charge in [0.1, 0.15) is 5.82 Å². The summed E-state index contributed by atoms with van der Waals surface area (Å²) in [5.74, 6) is -1.68. The Labute approximate surface area is 216 Å². The molecule has 2 aromatic rings. The molecule has 3 amide bonds. The van der Waals surface area contributed by atoms with Crippen LogP contribution in [0.1, 0.15) is 55.3 Å². The maximum absolute atomic E-state index is 13.9. The van der Waals surface area contributed by atoms with Crippen LogP contribution in [-0.4, -0.2) is 42.3 Å². The highest BCUT2D eigenvalue weighted by atomic mass is 32.2. The van der Waals surface area contributed by atoms with Crippen molar-refractivity contribution in [2.75, 3.05) is 11.2 Å². The molecule has 198 valence electrons. The second kappa shape index (κ2) is 9.68. The molecule has 1 aromatic heterocycles. The van der Waals surface area contributed by atoms with E-state index in [4.69, 9.17) is 0 Å². The van der Waals surface area contributed by atoms with Gasteiger partial charge in [0, 0.05) is 36.6 Å². The number of anilines is 1. The minimum Gasteiger partial charge on any atom is -0.294 e. The number of nitrogens with zero attached hydrogens (tertiary/aromatic N) is 4. The van der Waals surface area contributed by atoms with Gasteiger partial charge in [0.05, 0.1) is 28.1 Å². The van der Waals surface area contributed by atoms with E-state index in [1.165, 1.54) is 12.1 Å². The number of allylic oxidation sites excluding steroid dienone is 1. The summed E-state index contributed by atoms with van der Waals surface area (Å²) in [4.78, 5) is 45.5. The van der Waals surface area contributed by atoms with Crippen molar-refractivity contribution in [1.29, 1.82) is 5.26 Å². The summed E-state index contributed by atoms with van der Waals surface area (Å²) >= 11 is 0.